The highest BCUT2D eigenvalue weighted by Gasteiger charge is 2.20. The summed E-state index contributed by atoms with van der Waals surface area (Å²) in [6.07, 6.45) is 3.56. The molecular formula is C20H26Cl2N6O3. The molecule has 0 fully saturated rings. The van der Waals surface area contributed by atoms with Gasteiger partial charge in [-0.05, 0) is 25.0 Å². The average molecular weight is 469 g/mol. The zero-order valence-electron chi connectivity index (χ0n) is 17.3. The van der Waals surface area contributed by atoms with Crippen molar-refractivity contribution in [1.82, 2.24) is 14.9 Å². The number of hydrogen-bond donors (Lipinski definition) is 3. The van der Waals surface area contributed by atoms with Crippen LogP contribution in [0.4, 0.5) is 5.82 Å². The highest BCUT2D eigenvalue weighted by Crippen LogP contribution is 2.35. The van der Waals surface area contributed by atoms with Gasteiger partial charge in [0.25, 0.3) is 0 Å². The Labute approximate surface area is 190 Å². The number of aliphatic imine (C=N–C) groups is 1. The van der Waals surface area contributed by atoms with Gasteiger partial charge in [-0.25, -0.2) is 9.98 Å². The third-order valence-electron chi connectivity index (χ3n) is 4.74. The number of nitrogens with zero attached hydrogens (tertiary/aromatic N) is 3. The first-order valence-electron chi connectivity index (χ1n) is 9.96. The van der Waals surface area contributed by atoms with Crippen molar-refractivity contribution in [2.24, 2.45) is 10.7 Å². The second-order valence-corrected chi connectivity index (χ2v) is 7.72. The van der Waals surface area contributed by atoms with Crippen molar-refractivity contribution < 1.29 is 14.3 Å². The van der Waals surface area contributed by atoms with E-state index in [0.717, 1.165) is 17.8 Å². The Bertz CT molecular complexity index is 947. The SMILES string of the molecule is COCCNC(=O)CCCCOc1ccc(Cl)c(Cl)c1Cn1cnc2c1NCN=C2N. The van der Waals surface area contributed by atoms with E-state index in [2.05, 4.69) is 20.6 Å². The van der Waals surface area contributed by atoms with Crippen LogP contribution in [-0.2, 0) is 16.1 Å². The number of fused-ring (bicyclic) bond motifs is 1. The summed E-state index contributed by atoms with van der Waals surface area (Å²) in [5, 5.41) is 6.85. The van der Waals surface area contributed by atoms with Gasteiger partial charge in [0.05, 0.1) is 36.1 Å². The molecule has 31 heavy (non-hydrogen) atoms. The summed E-state index contributed by atoms with van der Waals surface area (Å²) in [4.78, 5) is 20.2. The van der Waals surface area contributed by atoms with Crippen LogP contribution in [0.25, 0.3) is 0 Å². The number of methoxy groups -OCH3 is 1. The number of hydrogen-bond acceptors (Lipinski definition) is 7. The van der Waals surface area contributed by atoms with Crippen molar-refractivity contribution in [3.05, 3.63) is 39.8 Å². The average Bonchev–Trinajstić information content (AvgIpc) is 3.17. The van der Waals surface area contributed by atoms with Gasteiger partial charge < -0.3 is 30.4 Å². The first kappa shape index (κ1) is 23.2. The van der Waals surface area contributed by atoms with Crippen molar-refractivity contribution >= 4 is 40.8 Å². The molecule has 1 aliphatic heterocycles. The van der Waals surface area contributed by atoms with Crippen LogP contribution in [0.2, 0.25) is 10.0 Å². The summed E-state index contributed by atoms with van der Waals surface area (Å²) in [5.41, 5.74) is 7.27. The number of ether oxygens (including phenoxy) is 2. The van der Waals surface area contributed by atoms with Crippen molar-refractivity contribution in [3.8, 4) is 5.75 Å². The van der Waals surface area contributed by atoms with E-state index >= 15 is 0 Å². The van der Waals surface area contributed by atoms with E-state index in [1.807, 2.05) is 4.57 Å². The Hall–Kier alpha value is -2.49. The molecule has 2 heterocycles. The molecule has 1 amide bonds. The zero-order chi connectivity index (χ0) is 22.2. The molecule has 0 spiro atoms. The van der Waals surface area contributed by atoms with Crippen LogP contribution in [0.5, 0.6) is 5.75 Å². The molecule has 1 aliphatic rings. The molecule has 1 aromatic carbocycles. The van der Waals surface area contributed by atoms with E-state index in [1.165, 1.54) is 0 Å². The quantitative estimate of drug-likeness (QED) is 0.436. The molecule has 0 bridgehead atoms. The Morgan fingerprint density at radius 1 is 1.32 bits per heavy atom. The number of amides is 1. The number of aromatic nitrogens is 2. The number of benzene rings is 1. The molecule has 0 saturated heterocycles. The number of unbranched alkanes of at least 4 members (excludes halogenated alkanes) is 1. The van der Waals surface area contributed by atoms with E-state index in [9.17, 15) is 4.79 Å². The smallest absolute Gasteiger partial charge is 0.220 e. The summed E-state index contributed by atoms with van der Waals surface area (Å²) in [6.45, 7) is 2.26. The summed E-state index contributed by atoms with van der Waals surface area (Å²) in [7, 11) is 1.60. The lowest BCUT2D eigenvalue weighted by Crippen LogP contribution is -2.26. The first-order chi connectivity index (χ1) is 15.0. The van der Waals surface area contributed by atoms with Crippen LogP contribution in [0.1, 0.15) is 30.5 Å². The molecule has 0 radical (unpaired) electrons. The highest BCUT2D eigenvalue weighted by atomic mass is 35.5. The number of nitrogens with two attached hydrogens (primary N) is 1. The third kappa shape index (κ3) is 6.03. The minimum Gasteiger partial charge on any atom is -0.493 e. The molecule has 1 aromatic heterocycles. The number of carbonyl (C=O) groups excluding carboxylic acids is 1. The molecule has 0 unspecified atom stereocenters. The van der Waals surface area contributed by atoms with Gasteiger partial charge in [0.2, 0.25) is 5.91 Å². The molecule has 9 nitrogen and oxygen atoms in total. The van der Waals surface area contributed by atoms with Crippen LogP contribution in [0.3, 0.4) is 0 Å². The number of rotatable bonds is 11. The minimum atomic E-state index is 0.00692. The number of carbonyl (C=O) groups is 1. The molecule has 168 valence electrons. The maximum Gasteiger partial charge on any atom is 0.220 e. The van der Waals surface area contributed by atoms with Crippen LogP contribution >= 0.6 is 23.2 Å². The fourth-order valence-corrected chi connectivity index (χ4v) is 3.52. The number of imidazole rings is 1. The monoisotopic (exact) mass is 468 g/mol. The Morgan fingerprint density at radius 2 is 2.16 bits per heavy atom. The van der Waals surface area contributed by atoms with Gasteiger partial charge in [0.1, 0.15) is 29.8 Å². The molecule has 11 heteroatoms. The summed E-state index contributed by atoms with van der Waals surface area (Å²) < 4.78 is 12.8. The van der Waals surface area contributed by atoms with Gasteiger partial charge >= 0.3 is 0 Å². The van der Waals surface area contributed by atoms with Gasteiger partial charge in [-0.1, -0.05) is 23.2 Å². The first-order valence-corrected chi connectivity index (χ1v) is 10.7. The normalized spacial score (nSPS) is 12.7. The Balaban J connectivity index is 1.59. The van der Waals surface area contributed by atoms with Crippen LogP contribution in [0, 0.1) is 0 Å². The van der Waals surface area contributed by atoms with Crippen molar-refractivity contribution in [3.63, 3.8) is 0 Å². The van der Waals surface area contributed by atoms with Gasteiger partial charge in [0, 0.05) is 25.6 Å². The van der Waals surface area contributed by atoms with Gasteiger partial charge in [0.15, 0.2) is 0 Å². The molecule has 0 aliphatic carbocycles. The fraction of sp³-hybridized carbons (Fsp3) is 0.450. The predicted molar refractivity (Wildman–Crippen MR) is 121 cm³/mol. The van der Waals surface area contributed by atoms with Crippen LogP contribution in [-0.4, -0.2) is 54.8 Å². The van der Waals surface area contributed by atoms with Crippen molar-refractivity contribution in [2.45, 2.75) is 25.8 Å². The van der Waals surface area contributed by atoms with E-state index < -0.39 is 0 Å². The second-order valence-electron chi connectivity index (χ2n) is 6.93. The lowest BCUT2D eigenvalue weighted by Gasteiger charge is -2.18. The Kier molecular flexibility index (Phi) is 8.39. The lowest BCUT2D eigenvalue weighted by atomic mass is 10.2. The van der Waals surface area contributed by atoms with Crippen molar-refractivity contribution in [1.29, 1.82) is 0 Å². The molecule has 0 atom stereocenters. The van der Waals surface area contributed by atoms with Gasteiger partial charge in [-0.15, -0.1) is 0 Å². The molecule has 3 rings (SSSR count). The summed E-state index contributed by atoms with van der Waals surface area (Å²) >= 11 is 12.7. The van der Waals surface area contributed by atoms with Crippen LogP contribution < -0.4 is 21.1 Å². The number of nitrogens with one attached hydrogen (secondary N) is 2. The van der Waals surface area contributed by atoms with E-state index in [1.54, 1.807) is 25.6 Å². The van der Waals surface area contributed by atoms with E-state index in [-0.39, 0.29) is 5.91 Å². The highest BCUT2D eigenvalue weighted by molar-refractivity contribution is 6.42. The second kappa shape index (κ2) is 11.2. The Morgan fingerprint density at radius 3 is 2.97 bits per heavy atom. The molecule has 4 N–H and O–H groups in total. The molecule has 0 saturated carbocycles. The topological polar surface area (TPSA) is 116 Å². The number of halogens is 2. The van der Waals surface area contributed by atoms with Crippen molar-refractivity contribution in [2.75, 3.05) is 38.9 Å². The summed E-state index contributed by atoms with van der Waals surface area (Å²) in [5.74, 6) is 1.81. The maximum atomic E-state index is 11.7. The lowest BCUT2D eigenvalue weighted by molar-refractivity contribution is -0.121. The largest absolute Gasteiger partial charge is 0.493 e. The number of anilines is 1. The predicted octanol–water partition coefficient (Wildman–Crippen LogP) is 2.64. The van der Waals surface area contributed by atoms with E-state index in [4.69, 9.17) is 38.4 Å². The molecule has 2 aromatic rings. The van der Waals surface area contributed by atoms with E-state index in [0.29, 0.717) is 73.1 Å². The zero-order valence-corrected chi connectivity index (χ0v) is 18.8. The van der Waals surface area contributed by atoms with Crippen LogP contribution in [0.15, 0.2) is 23.5 Å². The summed E-state index contributed by atoms with van der Waals surface area (Å²) in [6, 6.07) is 3.51. The minimum absolute atomic E-state index is 0.00692. The standard InChI is InChI=1S/C20H26Cl2N6O3/c1-30-9-7-24-16(29)4-2-3-8-31-15-6-5-14(21)17(22)13(15)10-28-12-27-18-19(23)25-11-26-20(18)28/h5-6,12,26H,2-4,7-11H2,1H3,(H2,23,25)(H,24,29). The van der Waals surface area contributed by atoms with Gasteiger partial charge in [-0.3, -0.25) is 4.79 Å². The molecular weight excluding hydrogens is 443 g/mol. The fourth-order valence-electron chi connectivity index (χ4n) is 3.13. The van der Waals surface area contributed by atoms with Gasteiger partial charge in [-0.2, -0.15) is 0 Å². The number of amidine groups is 1. The third-order valence-corrected chi connectivity index (χ3v) is 5.59. The maximum absolute atomic E-state index is 11.7.